The molecule has 0 fully saturated rings. The molecule has 0 rings (SSSR count). The third kappa shape index (κ3) is 32.4. The Morgan fingerprint density at radius 1 is 0.457 bits per heavy atom. The predicted octanol–water partition coefficient (Wildman–Crippen LogP) is 11.8. The lowest BCUT2D eigenvalue weighted by atomic mass is 9.99. The quantitative estimate of drug-likeness (QED) is 0.0391. The Kier molecular flexibility index (Phi) is 32.2. The van der Waals surface area contributed by atoms with E-state index in [0.29, 0.717) is 19.3 Å². The molecule has 6 heteroatoms. The summed E-state index contributed by atoms with van der Waals surface area (Å²) in [5, 5.41) is 0. The average molecular weight is 653 g/mol. The molecule has 2 atom stereocenters. The molecule has 0 N–H and O–H groups in total. The lowest BCUT2D eigenvalue weighted by Gasteiger charge is -2.18. The Hall–Kier alpha value is -1.59. The van der Waals surface area contributed by atoms with Gasteiger partial charge in [-0.15, -0.1) is 0 Å². The molecule has 1 unspecified atom stereocenters. The molecule has 0 heterocycles. The van der Waals surface area contributed by atoms with Gasteiger partial charge in [-0.25, -0.2) is 0 Å². The highest BCUT2D eigenvalue weighted by atomic mass is 16.6. The fraction of sp³-hybridized carbons (Fsp3) is 0.925. The first-order valence-electron chi connectivity index (χ1n) is 19.8. The molecule has 0 aliphatic rings. The minimum Gasteiger partial charge on any atom is -0.462 e. The van der Waals surface area contributed by atoms with E-state index >= 15 is 0 Å². The molecule has 0 bridgehead atoms. The first kappa shape index (κ1) is 44.4. The molecule has 0 spiro atoms. The van der Waals surface area contributed by atoms with Crippen LogP contribution in [0.15, 0.2) is 0 Å². The molecule has 6 nitrogen and oxygen atoms in total. The summed E-state index contributed by atoms with van der Waals surface area (Å²) in [5.41, 5.74) is 0. The van der Waals surface area contributed by atoms with Crippen molar-refractivity contribution in [3.8, 4) is 0 Å². The van der Waals surface area contributed by atoms with Gasteiger partial charge in [0.15, 0.2) is 6.10 Å². The normalized spacial score (nSPS) is 12.7. The number of carbonyl (C=O) groups is 3. The maximum absolute atomic E-state index is 12.6. The molecule has 272 valence electrons. The molecule has 0 aliphatic heterocycles. The summed E-state index contributed by atoms with van der Waals surface area (Å²) in [5.74, 6) is 0.759. The van der Waals surface area contributed by atoms with E-state index in [9.17, 15) is 14.4 Å². The second-order valence-electron chi connectivity index (χ2n) is 14.3. The van der Waals surface area contributed by atoms with Crippen LogP contribution >= 0.6 is 0 Å². The predicted molar refractivity (Wildman–Crippen MR) is 192 cm³/mol. The molecule has 0 aliphatic carbocycles. The number of rotatable bonds is 34. The van der Waals surface area contributed by atoms with E-state index in [0.717, 1.165) is 76.0 Å². The summed E-state index contributed by atoms with van der Waals surface area (Å²) in [6.45, 7) is 11.2. The summed E-state index contributed by atoms with van der Waals surface area (Å²) < 4.78 is 16.5. The first-order chi connectivity index (χ1) is 22.3. The molecule has 0 aromatic carbocycles. The van der Waals surface area contributed by atoms with Crippen LogP contribution in [0.5, 0.6) is 0 Å². The van der Waals surface area contributed by atoms with Crippen molar-refractivity contribution in [2.75, 3.05) is 13.2 Å². The standard InChI is InChI=1S/C40H76O6/c1-6-8-9-18-25-30-38(41)44-33-37(34-45-39(42)31-26-21-16-12-10-14-19-23-28-35(3)4)46-40(43)32-27-22-17-13-11-15-20-24-29-36(5)7-2/h35-37H,6-34H2,1-5H3/t36?,37-/m1/s1. The van der Waals surface area contributed by atoms with Crippen molar-refractivity contribution in [3.05, 3.63) is 0 Å². The van der Waals surface area contributed by atoms with E-state index in [2.05, 4.69) is 34.6 Å². The highest BCUT2D eigenvalue weighted by Gasteiger charge is 2.19. The Morgan fingerprint density at radius 2 is 0.826 bits per heavy atom. The van der Waals surface area contributed by atoms with Crippen molar-refractivity contribution in [2.24, 2.45) is 11.8 Å². The zero-order chi connectivity index (χ0) is 34.1. The third-order valence-electron chi connectivity index (χ3n) is 9.08. The van der Waals surface area contributed by atoms with Crippen LogP contribution in [0.3, 0.4) is 0 Å². The zero-order valence-electron chi connectivity index (χ0n) is 31.2. The Labute approximate surface area is 285 Å². The van der Waals surface area contributed by atoms with Crippen LogP contribution in [0.25, 0.3) is 0 Å². The molecule has 0 aromatic rings. The van der Waals surface area contributed by atoms with Gasteiger partial charge >= 0.3 is 17.9 Å². The summed E-state index contributed by atoms with van der Waals surface area (Å²) in [6.07, 6.45) is 28.3. The highest BCUT2D eigenvalue weighted by molar-refractivity contribution is 5.71. The summed E-state index contributed by atoms with van der Waals surface area (Å²) in [6, 6.07) is 0. The van der Waals surface area contributed by atoms with Crippen molar-refractivity contribution in [1.29, 1.82) is 0 Å². The van der Waals surface area contributed by atoms with E-state index in [4.69, 9.17) is 14.2 Å². The molecule has 0 radical (unpaired) electrons. The summed E-state index contributed by atoms with van der Waals surface area (Å²) >= 11 is 0. The molecule has 46 heavy (non-hydrogen) atoms. The van der Waals surface area contributed by atoms with Crippen LogP contribution in [0.4, 0.5) is 0 Å². The van der Waals surface area contributed by atoms with Gasteiger partial charge in [-0.05, 0) is 31.1 Å². The number of ether oxygens (including phenoxy) is 3. The number of esters is 3. The lowest BCUT2D eigenvalue weighted by Crippen LogP contribution is -2.30. The summed E-state index contributed by atoms with van der Waals surface area (Å²) in [7, 11) is 0. The molecular weight excluding hydrogens is 576 g/mol. The SMILES string of the molecule is CCCCCCCC(=O)OC[C@H](COC(=O)CCCCCCCCCCC(C)C)OC(=O)CCCCCCCCCCC(C)CC. The van der Waals surface area contributed by atoms with E-state index < -0.39 is 6.10 Å². The van der Waals surface area contributed by atoms with Gasteiger partial charge in [-0.3, -0.25) is 14.4 Å². The average Bonchev–Trinajstić information content (AvgIpc) is 3.03. The minimum atomic E-state index is -0.758. The van der Waals surface area contributed by atoms with Gasteiger partial charge in [0.1, 0.15) is 13.2 Å². The fourth-order valence-corrected chi connectivity index (χ4v) is 5.66. The molecule has 0 saturated carbocycles. The highest BCUT2D eigenvalue weighted by Crippen LogP contribution is 2.16. The Bertz CT molecular complexity index is 706. The largest absolute Gasteiger partial charge is 0.462 e. The Morgan fingerprint density at radius 3 is 1.24 bits per heavy atom. The first-order valence-corrected chi connectivity index (χ1v) is 19.8. The van der Waals surface area contributed by atoms with Gasteiger partial charge < -0.3 is 14.2 Å². The van der Waals surface area contributed by atoms with Gasteiger partial charge in [0.2, 0.25) is 0 Å². The van der Waals surface area contributed by atoms with Crippen LogP contribution in [0.2, 0.25) is 0 Å². The van der Waals surface area contributed by atoms with Crippen molar-refractivity contribution >= 4 is 17.9 Å². The van der Waals surface area contributed by atoms with Gasteiger partial charge in [-0.1, -0.05) is 169 Å². The number of carbonyl (C=O) groups excluding carboxylic acids is 3. The maximum atomic E-state index is 12.6. The Balaban J connectivity index is 4.29. The van der Waals surface area contributed by atoms with E-state index in [1.165, 1.54) is 89.9 Å². The van der Waals surface area contributed by atoms with E-state index in [1.54, 1.807) is 0 Å². The zero-order valence-corrected chi connectivity index (χ0v) is 31.2. The second-order valence-corrected chi connectivity index (χ2v) is 14.3. The van der Waals surface area contributed by atoms with Gasteiger partial charge in [0, 0.05) is 19.3 Å². The van der Waals surface area contributed by atoms with Gasteiger partial charge in [0.25, 0.3) is 0 Å². The van der Waals surface area contributed by atoms with Crippen molar-refractivity contribution < 1.29 is 28.6 Å². The number of unbranched alkanes of at least 4 members (excludes halogenated alkanes) is 18. The monoisotopic (exact) mass is 653 g/mol. The summed E-state index contributed by atoms with van der Waals surface area (Å²) in [4.78, 5) is 37.2. The van der Waals surface area contributed by atoms with Crippen molar-refractivity contribution in [1.82, 2.24) is 0 Å². The van der Waals surface area contributed by atoms with Crippen LogP contribution in [0, 0.1) is 11.8 Å². The van der Waals surface area contributed by atoms with Crippen molar-refractivity contribution in [3.63, 3.8) is 0 Å². The van der Waals surface area contributed by atoms with E-state index in [-0.39, 0.29) is 31.1 Å². The number of hydrogen-bond donors (Lipinski definition) is 0. The number of hydrogen-bond acceptors (Lipinski definition) is 6. The smallest absolute Gasteiger partial charge is 0.306 e. The molecule has 0 amide bonds. The van der Waals surface area contributed by atoms with Crippen LogP contribution in [-0.2, 0) is 28.6 Å². The molecule has 0 aromatic heterocycles. The second kappa shape index (κ2) is 33.3. The third-order valence-corrected chi connectivity index (χ3v) is 9.08. The lowest BCUT2D eigenvalue weighted by molar-refractivity contribution is -0.167. The van der Waals surface area contributed by atoms with Crippen LogP contribution < -0.4 is 0 Å². The fourth-order valence-electron chi connectivity index (χ4n) is 5.66. The molecule has 0 saturated heterocycles. The van der Waals surface area contributed by atoms with Gasteiger partial charge in [0.05, 0.1) is 0 Å². The minimum absolute atomic E-state index is 0.0677. The van der Waals surface area contributed by atoms with E-state index in [1.807, 2.05) is 0 Å². The van der Waals surface area contributed by atoms with Crippen LogP contribution in [0.1, 0.15) is 208 Å². The molecular formula is C40H76O6. The van der Waals surface area contributed by atoms with Crippen LogP contribution in [-0.4, -0.2) is 37.2 Å². The topological polar surface area (TPSA) is 78.9 Å². The van der Waals surface area contributed by atoms with Gasteiger partial charge in [-0.2, -0.15) is 0 Å². The van der Waals surface area contributed by atoms with Crippen molar-refractivity contribution in [2.45, 2.75) is 214 Å². The maximum Gasteiger partial charge on any atom is 0.306 e.